The van der Waals surface area contributed by atoms with Crippen molar-refractivity contribution in [2.45, 2.75) is 45.2 Å². The van der Waals surface area contributed by atoms with Crippen LogP contribution < -0.4 is 10.5 Å². The molecule has 0 amide bonds. The summed E-state index contributed by atoms with van der Waals surface area (Å²) in [7, 11) is 3.94. The van der Waals surface area contributed by atoms with Crippen LogP contribution in [0.25, 0.3) is 0 Å². The summed E-state index contributed by atoms with van der Waals surface area (Å²) in [6.45, 7) is 6.40. The maximum atomic E-state index is 6.24. The molecule has 1 fully saturated rings. The fourth-order valence-corrected chi connectivity index (χ4v) is 3.92. The van der Waals surface area contributed by atoms with Crippen LogP contribution in [0, 0.1) is 11.8 Å². The predicted molar refractivity (Wildman–Crippen MR) is 88.4 cm³/mol. The minimum absolute atomic E-state index is 0.126. The Labute approximate surface area is 129 Å². The van der Waals surface area contributed by atoms with Crippen molar-refractivity contribution in [1.29, 1.82) is 0 Å². The normalized spacial score (nSPS) is 29.6. The van der Waals surface area contributed by atoms with Crippen LogP contribution in [-0.4, -0.2) is 31.1 Å². The molecule has 3 heteroatoms. The molecule has 1 aliphatic rings. The lowest BCUT2D eigenvalue weighted by molar-refractivity contribution is 0.00134. The highest BCUT2D eigenvalue weighted by Crippen LogP contribution is 2.41. The first kappa shape index (κ1) is 16.3. The Morgan fingerprint density at radius 3 is 2.81 bits per heavy atom. The van der Waals surface area contributed by atoms with Gasteiger partial charge in [-0.05, 0) is 43.0 Å². The number of methoxy groups -OCH3 is 1. The molecule has 0 radical (unpaired) electrons. The average Bonchev–Trinajstić information content (AvgIpc) is 2.50. The summed E-state index contributed by atoms with van der Waals surface area (Å²) >= 11 is 0. The van der Waals surface area contributed by atoms with E-state index in [4.69, 9.17) is 10.5 Å². The molecule has 21 heavy (non-hydrogen) atoms. The van der Waals surface area contributed by atoms with E-state index in [9.17, 15) is 0 Å². The monoisotopic (exact) mass is 290 g/mol. The van der Waals surface area contributed by atoms with E-state index in [0.29, 0.717) is 5.92 Å². The van der Waals surface area contributed by atoms with Gasteiger partial charge in [-0.1, -0.05) is 38.8 Å². The van der Waals surface area contributed by atoms with Gasteiger partial charge in [-0.15, -0.1) is 0 Å². The first-order valence-electron chi connectivity index (χ1n) is 8.07. The molecule has 2 N–H and O–H groups in total. The van der Waals surface area contributed by atoms with Gasteiger partial charge in [0, 0.05) is 18.6 Å². The summed E-state index contributed by atoms with van der Waals surface area (Å²) in [6.07, 6.45) is 3.82. The van der Waals surface area contributed by atoms with Crippen LogP contribution in [0.4, 0.5) is 0 Å². The molecule has 0 heterocycles. The van der Waals surface area contributed by atoms with Gasteiger partial charge in [-0.2, -0.15) is 0 Å². The second-order valence-corrected chi connectivity index (χ2v) is 6.67. The van der Waals surface area contributed by atoms with Gasteiger partial charge in [-0.25, -0.2) is 0 Å². The van der Waals surface area contributed by atoms with E-state index in [-0.39, 0.29) is 5.54 Å². The van der Waals surface area contributed by atoms with Crippen LogP contribution in [0.5, 0.6) is 5.75 Å². The third kappa shape index (κ3) is 3.24. The second kappa shape index (κ2) is 6.80. The molecule has 0 bridgehead atoms. The summed E-state index contributed by atoms with van der Waals surface area (Å²) < 4.78 is 5.33. The standard InChI is InChI=1S/C18H30N2O/c1-14-7-6-10-18(13-19,15(14)2)20(3)12-16-8-5-9-17(11-16)21-4/h5,8-9,11,14-15H,6-7,10,12-13,19H2,1-4H3. The highest BCUT2D eigenvalue weighted by molar-refractivity contribution is 5.28. The van der Waals surface area contributed by atoms with E-state index in [2.05, 4.69) is 44.0 Å². The molecule has 2 rings (SSSR count). The number of nitrogens with two attached hydrogens (primary N) is 1. The van der Waals surface area contributed by atoms with Crippen molar-refractivity contribution in [3.05, 3.63) is 29.8 Å². The number of ether oxygens (including phenoxy) is 1. The fraction of sp³-hybridized carbons (Fsp3) is 0.667. The zero-order chi connectivity index (χ0) is 15.5. The zero-order valence-electron chi connectivity index (χ0n) is 13.9. The highest BCUT2D eigenvalue weighted by atomic mass is 16.5. The van der Waals surface area contributed by atoms with Crippen LogP contribution >= 0.6 is 0 Å². The van der Waals surface area contributed by atoms with E-state index in [1.807, 2.05) is 6.07 Å². The Morgan fingerprint density at radius 2 is 2.14 bits per heavy atom. The fourth-order valence-electron chi connectivity index (χ4n) is 3.92. The summed E-state index contributed by atoms with van der Waals surface area (Å²) in [5.74, 6) is 2.30. The van der Waals surface area contributed by atoms with Crippen molar-refractivity contribution < 1.29 is 4.74 Å². The molecule has 118 valence electrons. The van der Waals surface area contributed by atoms with E-state index < -0.39 is 0 Å². The number of hydrogen-bond acceptors (Lipinski definition) is 3. The van der Waals surface area contributed by atoms with Crippen molar-refractivity contribution in [2.24, 2.45) is 17.6 Å². The maximum absolute atomic E-state index is 6.24. The van der Waals surface area contributed by atoms with Gasteiger partial charge < -0.3 is 10.5 Å². The van der Waals surface area contributed by atoms with Crippen LogP contribution in [0.2, 0.25) is 0 Å². The maximum Gasteiger partial charge on any atom is 0.119 e. The molecule has 3 nitrogen and oxygen atoms in total. The molecular formula is C18H30N2O. The number of likely N-dealkylation sites (N-methyl/N-ethyl adjacent to an activating group) is 1. The first-order chi connectivity index (χ1) is 10.0. The molecule has 1 saturated carbocycles. The minimum atomic E-state index is 0.126. The van der Waals surface area contributed by atoms with Gasteiger partial charge >= 0.3 is 0 Å². The van der Waals surface area contributed by atoms with Crippen molar-refractivity contribution >= 4 is 0 Å². The molecule has 1 aliphatic carbocycles. The average molecular weight is 290 g/mol. The largest absolute Gasteiger partial charge is 0.497 e. The van der Waals surface area contributed by atoms with Crippen LogP contribution in [0.3, 0.4) is 0 Å². The quantitative estimate of drug-likeness (QED) is 0.904. The molecule has 0 saturated heterocycles. The molecule has 1 aromatic carbocycles. The lowest BCUT2D eigenvalue weighted by Crippen LogP contribution is -2.59. The van der Waals surface area contributed by atoms with Gasteiger partial charge in [0.2, 0.25) is 0 Å². The number of benzene rings is 1. The Morgan fingerprint density at radius 1 is 1.38 bits per heavy atom. The molecule has 3 unspecified atom stereocenters. The third-order valence-electron chi connectivity index (χ3n) is 5.64. The highest BCUT2D eigenvalue weighted by Gasteiger charge is 2.43. The zero-order valence-corrected chi connectivity index (χ0v) is 13.9. The SMILES string of the molecule is COc1cccc(CN(C)C2(CN)CCCC(C)C2C)c1. The number of rotatable bonds is 5. The Kier molecular flexibility index (Phi) is 5.28. The number of hydrogen-bond donors (Lipinski definition) is 1. The molecule has 1 aromatic rings. The van der Waals surface area contributed by atoms with Crippen molar-refractivity contribution in [2.75, 3.05) is 20.7 Å². The van der Waals surface area contributed by atoms with Crippen molar-refractivity contribution in [3.8, 4) is 5.75 Å². The van der Waals surface area contributed by atoms with Gasteiger partial charge in [-0.3, -0.25) is 4.90 Å². The van der Waals surface area contributed by atoms with E-state index >= 15 is 0 Å². The van der Waals surface area contributed by atoms with E-state index in [1.165, 1.54) is 24.8 Å². The Bertz CT molecular complexity index is 462. The van der Waals surface area contributed by atoms with Crippen molar-refractivity contribution in [1.82, 2.24) is 4.90 Å². The molecular weight excluding hydrogens is 260 g/mol. The minimum Gasteiger partial charge on any atom is -0.497 e. The van der Waals surface area contributed by atoms with E-state index in [1.54, 1.807) is 7.11 Å². The van der Waals surface area contributed by atoms with Crippen LogP contribution in [0.15, 0.2) is 24.3 Å². The number of nitrogens with zero attached hydrogens (tertiary/aromatic N) is 1. The second-order valence-electron chi connectivity index (χ2n) is 6.67. The Balaban J connectivity index is 2.17. The summed E-state index contributed by atoms with van der Waals surface area (Å²) in [5, 5.41) is 0. The van der Waals surface area contributed by atoms with Crippen LogP contribution in [0.1, 0.15) is 38.7 Å². The topological polar surface area (TPSA) is 38.5 Å². The summed E-state index contributed by atoms with van der Waals surface area (Å²) in [6, 6.07) is 8.34. The smallest absolute Gasteiger partial charge is 0.119 e. The first-order valence-corrected chi connectivity index (χ1v) is 8.07. The predicted octanol–water partition coefficient (Wildman–Crippen LogP) is 3.28. The lowest BCUT2D eigenvalue weighted by Gasteiger charge is -2.51. The summed E-state index contributed by atoms with van der Waals surface area (Å²) in [5.41, 5.74) is 7.65. The van der Waals surface area contributed by atoms with Gasteiger partial charge in [0.15, 0.2) is 0 Å². The van der Waals surface area contributed by atoms with Gasteiger partial charge in [0.1, 0.15) is 5.75 Å². The molecule has 3 atom stereocenters. The van der Waals surface area contributed by atoms with Gasteiger partial charge in [0.05, 0.1) is 7.11 Å². The molecule has 0 aromatic heterocycles. The van der Waals surface area contributed by atoms with Gasteiger partial charge in [0.25, 0.3) is 0 Å². The van der Waals surface area contributed by atoms with Crippen molar-refractivity contribution in [3.63, 3.8) is 0 Å². The Hall–Kier alpha value is -1.06. The van der Waals surface area contributed by atoms with E-state index in [0.717, 1.165) is 24.8 Å². The third-order valence-corrected chi connectivity index (χ3v) is 5.64. The summed E-state index contributed by atoms with van der Waals surface area (Å²) in [4.78, 5) is 2.47. The molecule has 0 aliphatic heterocycles. The molecule has 0 spiro atoms. The van der Waals surface area contributed by atoms with Crippen LogP contribution in [-0.2, 0) is 6.54 Å². The lowest BCUT2D eigenvalue weighted by atomic mass is 9.67.